The zero-order valence-electron chi connectivity index (χ0n) is 12.9. The third kappa shape index (κ3) is 3.74. The van der Waals surface area contributed by atoms with E-state index in [9.17, 15) is 5.11 Å². The van der Waals surface area contributed by atoms with E-state index in [1.54, 1.807) is 0 Å². The number of hydrogen-bond acceptors (Lipinski definition) is 3. The fourth-order valence-electron chi connectivity index (χ4n) is 3.26. The Balaban J connectivity index is 1.57. The molecular weight excluding hydrogens is 272 g/mol. The molecule has 0 amide bonds. The van der Waals surface area contributed by atoms with Crippen molar-refractivity contribution in [1.29, 1.82) is 0 Å². The van der Waals surface area contributed by atoms with Gasteiger partial charge in [0.1, 0.15) is 0 Å². The molecule has 116 valence electrons. The van der Waals surface area contributed by atoms with Gasteiger partial charge in [0.2, 0.25) is 0 Å². The van der Waals surface area contributed by atoms with Gasteiger partial charge in [0, 0.05) is 31.7 Å². The van der Waals surface area contributed by atoms with E-state index in [0.717, 1.165) is 26.1 Å². The smallest absolute Gasteiger partial charge is 0.0602 e. The summed E-state index contributed by atoms with van der Waals surface area (Å²) < 4.78 is 0. The fraction of sp³-hybridized carbons (Fsp3) is 0.368. The Hall–Kier alpha value is -1.68. The normalized spacial score (nSPS) is 22.0. The number of nitrogens with zero attached hydrogens (tertiary/aromatic N) is 1. The van der Waals surface area contributed by atoms with Crippen LogP contribution < -0.4 is 5.32 Å². The zero-order chi connectivity index (χ0) is 15.2. The Morgan fingerprint density at radius 2 is 1.59 bits per heavy atom. The first-order chi connectivity index (χ1) is 10.9. The minimum atomic E-state index is 0.198. The zero-order valence-corrected chi connectivity index (χ0v) is 12.9. The summed E-state index contributed by atoms with van der Waals surface area (Å²) in [6.45, 7) is 3.02. The first-order valence-electron chi connectivity index (χ1n) is 8.03. The Bertz CT molecular complexity index is 558. The van der Waals surface area contributed by atoms with Crippen molar-refractivity contribution in [2.24, 2.45) is 0 Å². The number of aliphatic hydroxyl groups is 1. The lowest BCUT2D eigenvalue weighted by molar-refractivity contribution is 0.138. The molecule has 1 heterocycles. The molecule has 2 atom stereocenters. The van der Waals surface area contributed by atoms with Gasteiger partial charge in [-0.05, 0) is 17.5 Å². The molecular formula is C19H24N2O. The Kier molecular flexibility index (Phi) is 5.22. The topological polar surface area (TPSA) is 35.5 Å². The van der Waals surface area contributed by atoms with Crippen molar-refractivity contribution >= 4 is 0 Å². The number of rotatable bonds is 6. The van der Waals surface area contributed by atoms with Gasteiger partial charge in [-0.2, -0.15) is 0 Å². The van der Waals surface area contributed by atoms with Gasteiger partial charge in [-0.1, -0.05) is 60.7 Å². The average molecular weight is 296 g/mol. The minimum Gasteiger partial charge on any atom is -0.395 e. The molecule has 1 saturated heterocycles. The van der Waals surface area contributed by atoms with E-state index in [0.29, 0.717) is 6.04 Å². The Morgan fingerprint density at radius 1 is 0.955 bits per heavy atom. The number of hydrogen-bond donors (Lipinski definition) is 2. The largest absolute Gasteiger partial charge is 0.395 e. The number of likely N-dealkylation sites (tertiary alicyclic amines) is 1. The maximum Gasteiger partial charge on any atom is 0.0602 e. The van der Waals surface area contributed by atoms with Crippen molar-refractivity contribution in [2.75, 3.05) is 13.2 Å². The van der Waals surface area contributed by atoms with Gasteiger partial charge < -0.3 is 10.4 Å². The van der Waals surface area contributed by atoms with Gasteiger partial charge >= 0.3 is 0 Å². The second-order valence-electron chi connectivity index (χ2n) is 5.97. The van der Waals surface area contributed by atoms with Gasteiger partial charge in [-0.3, -0.25) is 4.90 Å². The van der Waals surface area contributed by atoms with Gasteiger partial charge in [-0.15, -0.1) is 0 Å². The molecule has 1 fully saturated rings. The van der Waals surface area contributed by atoms with Crippen LogP contribution in [0.15, 0.2) is 60.7 Å². The molecule has 0 aromatic heterocycles. The van der Waals surface area contributed by atoms with E-state index in [-0.39, 0.29) is 12.6 Å². The van der Waals surface area contributed by atoms with Crippen molar-refractivity contribution in [2.45, 2.75) is 31.6 Å². The lowest BCUT2D eigenvalue weighted by Gasteiger charge is -2.27. The Labute approximate surface area is 132 Å². The molecule has 0 radical (unpaired) electrons. The van der Waals surface area contributed by atoms with Crippen LogP contribution in [0.1, 0.15) is 17.5 Å². The SMILES string of the molecule is OC[C@@H]1[C@@H](NCc2ccccc2)CCN1Cc1ccccc1. The summed E-state index contributed by atoms with van der Waals surface area (Å²) >= 11 is 0. The Morgan fingerprint density at radius 3 is 2.23 bits per heavy atom. The average Bonchev–Trinajstić information content (AvgIpc) is 2.96. The summed E-state index contributed by atoms with van der Waals surface area (Å²) in [6.07, 6.45) is 1.09. The summed E-state index contributed by atoms with van der Waals surface area (Å²) in [5.74, 6) is 0. The summed E-state index contributed by atoms with van der Waals surface area (Å²) in [4.78, 5) is 2.39. The van der Waals surface area contributed by atoms with E-state index in [1.807, 2.05) is 12.1 Å². The van der Waals surface area contributed by atoms with Crippen LogP contribution in [0.5, 0.6) is 0 Å². The number of aliphatic hydroxyl groups excluding tert-OH is 1. The second kappa shape index (κ2) is 7.54. The fourth-order valence-corrected chi connectivity index (χ4v) is 3.26. The molecule has 2 N–H and O–H groups in total. The molecule has 3 rings (SSSR count). The molecule has 0 bridgehead atoms. The molecule has 1 aliphatic heterocycles. The number of nitrogens with one attached hydrogen (secondary N) is 1. The van der Waals surface area contributed by atoms with E-state index in [1.165, 1.54) is 11.1 Å². The first kappa shape index (κ1) is 15.2. The molecule has 1 aliphatic rings. The summed E-state index contributed by atoms with van der Waals surface area (Å²) in [6, 6.07) is 21.5. The number of benzene rings is 2. The van der Waals surface area contributed by atoms with Crippen LogP contribution in [0.4, 0.5) is 0 Å². The highest BCUT2D eigenvalue weighted by Crippen LogP contribution is 2.21. The highest BCUT2D eigenvalue weighted by atomic mass is 16.3. The van der Waals surface area contributed by atoms with Crippen LogP contribution in [-0.2, 0) is 13.1 Å². The van der Waals surface area contributed by atoms with E-state index in [2.05, 4.69) is 58.7 Å². The van der Waals surface area contributed by atoms with Gasteiger partial charge in [0.15, 0.2) is 0 Å². The quantitative estimate of drug-likeness (QED) is 0.859. The van der Waals surface area contributed by atoms with Crippen LogP contribution in [0, 0.1) is 0 Å². The molecule has 2 aromatic rings. The van der Waals surface area contributed by atoms with E-state index >= 15 is 0 Å². The highest BCUT2D eigenvalue weighted by Gasteiger charge is 2.32. The summed E-state index contributed by atoms with van der Waals surface area (Å²) in [5, 5.41) is 13.4. The molecule has 0 unspecified atom stereocenters. The second-order valence-corrected chi connectivity index (χ2v) is 5.97. The summed E-state index contributed by atoms with van der Waals surface area (Å²) in [5.41, 5.74) is 2.60. The van der Waals surface area contributed by atoms with Crippen LogP contribution in [0.3, 0.4) is 0 Å². The van der Waals surface area contributed by atoms with Crippen LogP contribution >= 0.6 is 0 Å². The van der Waals surface area contributed by atoms with Gasteiger partial charge in [-0.25, -0.2) is 0 Å². The van der Waals surface area contributed by atoms with Gasteiger partial charge in [0.25, 0.3) is 0 Å². The minimum absolute atomic E-state index is 0.198. The molecule has 2 aromatic carbocycles. The van der Waals surface area contributed by atoms with Gasteiger partial charge in [0.05, 0.1) is 6.61 Å². The van der Waals surface area contributed by atoms with Crippen molar-refractivity contribution in [3.8, 4) is 0 Å². The molecule has 0 saturated carbocycles. The lowest BCUT2D eigenvalue weighted by Crippen LogP contribution is -2.44. The molecule has 0 spiro atoms. The first-order valence-corrected chi connectivity index (χ1v) is 8.03. The van der Waals surface area contributed by atoms with Crippen molar-refractivity contribution < 1.29 is 5.11 Å². The van der Waals surface area contributed by atoms with E-state index in [4.69, 9.17) is 0 Å². The third-order valence-corrected chi connectivity index (χ3v) is 4.49. The maximum absolute atomic E-state index is 9.80. The van der Waals surface area contributed by atoms with Crippen molar-refractivity contribution in [3.05, 3.63) is 71.8 Å². The monoisotopic (exact) mass is 296 g/mol. The van der Waals surface area contributed by atoms with Crippen molar-refractivity contribution in [1.82, 2.24) is 10.2 Å². The van der Waals surface area contributed by atoms with Crippen LogP contribution in [-0.4, -0.2) is 35.2 Å². The van der Waals surface area contributed by atoms with Crippen LogP contribution in [0.2, 0.25) is 0 Å². The standard InChI is InChI=1S/C19H24N2O/c22-15-19-18(20-13-16-7-3-1-4-8-16)11-12-21(19)14-17-9-5-2-6-10-17/h1-10,18-20,22H,11-15H2/t18-,19+/m0/s1. The van der Waals surface area contributed by atoms with E-state index < -0.39 is 0 Å². The molecule has 22 heavy (non-hydrogen) atoms. The predicted octanol–water partition coefficient (Wildman–Crippen LogP) is 2.41. The molecule has 0 aliphatic carbocycles. The molecule has 3 nitrogen and oxygen atoms in total. The van der Waals surface area contributed by atoms with Crippen molar-refractivity contribution in [3.63, 3.8) is 0 Å². The van der Waals surface area contributed by atoms with Crippen LogP contribution in [0.25, 0.3) is 0 Å². The summed E-state index contributed by atoms with van der Waals surface area (Å²) in [7, 11) is 0. The molecule has 3 heteroatoms. The third-order valence-electron chi connectivity index (χ3n) is 4.49. The highest BCUT2D eigenvalue weighted by molar-refractivity contribution is 5.16. The predicted molar refractivity (Wildman–Crippen MR) is 89.4 cm³/mol. The maximum atomic E-state index is 9.80. The lowest BCUT2D eigenvalue weighted by atomic mass is 10.1.